The van der Waals surface area contributed by atoms with Crippen molar-refractivity contribution in [3.8, 4) is 0 Å². The fourth-order valence-electron chi connectivity index (χ4n) is 2.36. The second-order valence-corrected chi connectivity index (χ2v) is 4.82. The van der Waals surface area contributed by atoms with Crippen LogP contribution in [0, 0.1) is 0 Å². The van der Waals surface area contributed by atoms with Gasteiger partial charge in [-0.25, -0.2) is 5.01 Å². The van der Waals surface area contributed by atoms with Gasteiger partial charge in [-0.05, 0) is 32.8 Å². The molecule has 1 saturated heterocycles. The standard InChI is InChI=1S/C12H20N4O/c1-8-4-3-5-9(2)16(8)15-12(17)11-6-10(13)7-14-11/h6-9,14H,3-5,13H2,1-2H3,(H,15,17). The van der Waals surface area contributed by atoms with Crippen molar-refractivity contribution in [2.75, 3.05) is 5.73 Å². The lowest BCUT2D eigenvalue weighted by atomic mass is 10.00. The number of hydrogen-bond donors (Lipinski definition) is 3. The largest absolute Gasteiger partial charge is 0.397 e. The SMILES string of the molecule is CC1CCCC(C)N1NC(=O)c1cc(N)c[nH]1. The van der Waals surface area contributed by atoms with Gasteiger partial charge in [0.25, 0.3) is 5.91 Å². The van der Waals surface area contributed by atoms with E-state index >= 15 is 0 Å². The summed E-state index contributed by atoms with van der Waals surface area (Å²) in [5.74, 6) is -0.123. The Kier molecular flexibility index (Phi) is 3.38. The summed E-state index contributed by atoms with van der Waals surface area (Å²) in [6.45, 7) is 4.28. The van der Waals surface area contributed by atoms with Gasteiger partial charge in [0.1, 0.15) is 5.69 Å². The van der Waals surface area contributed by atoms with Crippen molar-refractivity contribution in [1.82, 2.24) is 15.4 Å². The highest BCUT2D eigenvalue weighted by Crippen LogP contribution is 2.20. The second kappa shape index (κ2) is 4.79. The molecule has 0 bridgehead atoms. The molecule has 5 heteroatoms. The van der Waals surface area contributed by atoms with E-state index in [2.05, 4.69) is 24.3 Å². The number of hydrogen-bond acceptors (Lipinski definition) is 3. The van der Waals surface area contributed by atoms with Crippen molar-refractivity contribution < 1.29 is 4.79 Å². The van der Waals surface area contributed by atoms with Crippen LogP contribution in [0.25, 0.3) is 0 Å². The fourth-order valence-corrected chi connectivity index (χ4v) is 2.36. The van der Waals surface area contributed by atoms with Crippen LogP contribution < -0.4 is 11.2 Å². The van der Waals surface area contributed by atoms with E-state index in [1.807, 2.05) is 5.01 Å². The molecule has 5 nitrogen and oxygen atoms in total. The average Bonchev–Trinajstić information content (AvgIpc) is 2.70. The molecule has 4 N–H and O–H groups in total. The average molecular weight is 236 g/mol. The van der Waals surface area contributed by atoms with Crippen molar-refractivity contribution in [2.45, 2.75) is 45.2 Å². The van der Waals surface area contributed by atoms with Crippen molar-refractivity contribution in [3.63, 3.8) is 0 Å². The number of H-pyrrole nitrogens is 1. The number of hydrazine groups is 1. The number of nitrogens with zero attached hydrogens (tertiary/aromatic N) is 1. The first-order chi connectivity index (χ1) is 8.08. The Balaban J connectivity index is 2.02. The summed E-state index contributed by atoms with van der Waals surface area (Å²) in [7, 11) is 0. The second-order valence-electron chi connectivity index (χ2n) is 4.82. The minimum atomic E-state index is -0.123. The molecule has 2 unspecified atom stereocenters. The van der Waals surface area contributed by atoms with E-state index in [0.29, 0.717) is 23.5 Å². The molecule has 2 atom stereocenters. The molecule has 94 valence electrons. The Morgan fingerprint density at radius 3 is 2.65 bits per heavy atom. The smallest absolute Gasteiger partial charge is 0.282 e. The van der Waals surface area contributed by atoms with Crippen LogP contribution in [0.1, 0.15) is 43.6 Å². The first-order valence-corrected chi connectivity index (χ1v) is 6.11. The molecule has 0 aliphatic carbocycles. The maximum absolute atomic E-state index is 12.0. The highest BCUT2D eigenvalue weighted by molar-refractivity contribution is 5.93. The first-order valence-electron chi connectivity index (χ1n) is 6.11. The quantitative estimate of drug-likeness (QED) is 0.728. The summed E-state index contributed by atoms with van der Waals surface area (Å²) >= 11 is 0. The van der Waals surface area contributed by atoms with Gasteiger partial charge in [0, 0.05) is 24.0 Å². The van der Waals surface area contributed by atoms with Crippen LogP contribution >= 0.6 is 0 Å². The molecule has 17 heavy (non-hydrogen) atoms. The molecule has 1 aromatic rings. The summed E-state index contributed by atoms with van der Waals surface area (Å²) in [6, 6.07) is 2.42. The monoisotopic (exact) mass is 236 g/mol. The number of anilines is 1. The predicted octanol–water partition coefficient (Wildman–Crippen LogP) is 1.50. The Bertz CT molecular complexity index is 391. The maximum atomic E-state index is 12.0. The van der Waals surface area contributed by atoms with E-state index in [1.54, 1.807) is 12.3 Å². The summed E-state index contributed by atoms with van der Waals surface area (Å²) in [6.07, 6.45) is 5.09. The number of piperidine rings is 1. The van der Waals surface area contributed by atoms with Gasteiger partial charge in [0.15, 0.2) is 0 Å². The van der Waals surface area contributed by atoms with Gasteiger partial charge in [-0.2, -0.15) is 0 Å². The molecule has 2 rings (SSSR count). The van der Waals surface area contributed by atoms with Crippen molar-refractivity contribution in [2.24, 2.45) is 0 Å². The van der Waals surface area contributed by atoms with Gasteiger partial charge >= 0.3 is 0 Å². The van der Waals surface area contributed by atoms with Crippen molar-refractivity contribution >= 4 is 11.6 Å². The number of carbonyl (C=O) groups excluding carboxylic acids is 1. The summed E-state index contributed by atoms with van der Waals surface area (Å²) in [5.41, 5.74) is 9.62. The van der Waals surface area contributed by atoms with E-state index in [-0.39, 0.29) is 5.91 Å². The maximum Gasteiger partial charge on any atom is 0.282 e. The zero-order valence-corrected chi connectivity index (χ0v) is 10.4. The van der Waals surface area contributed by atoms with E-state index < -0.39 is 0 Å². The van der Waals surface area contributed by atoms with E-state index in [0.717, 1.165) is 12.8 Å². The van der Waals surface area contributed by atoms with Crippen molar-refractivity contribution in [3.05, 3.63) is 18.0 Å². The number of nitrogens with two attached hydrogens (primary N) is 1. The highest BCUT2D eigenvalue weighted by Gasteiger charge is 2.26. The van der Waals surface area contributed by atoms with Gasteiger partial charge in [-0.1, -0.05) is 6.42 Å². The Hall–Kier alpha value is -1.49. The normalized spacial score (nSPS) is 25.8. The number of nitrogens with one attached hydrogen (secondary N) is 2. The van der Waals surface area contributed by atoms with Gasteiger partial charge in [-0.3, -0.25) is 10.2 Å². The molecule has 0 radical (unpaired) electrons. The van der Waals surface area contributed by atoms with E-state index in [9.17, 15) is 4.79 Å². The molecule has 1 aliphatic heterocycles. The van der Waals surface area contributed by atoms with Crippen LogP contribution in [-0.2, 0) is 0 Å². The summed E-state index contributed by atoms with van der Waals surface area (Å²) in [4.78, 5) is 14.8. The summed E-state index contributed by atoms with van der Waals surface area (Å²) < 4.78 is 0. The first kappa shape index (κ1) is 12.0. The lowest BCUT2D eigenvalue weighted by Crippen LogP contribution is -2.54. The fraction of sp³-hybridized carbons (Fsp3) is 0.583. The van der Waals surface area contributed by atoms with Gasteiger partial charge in [-0.15, -0.1) is 0 Å². The number of aromatic amines is 1. The van der Waals surface area contributed by atoms with Gasteiger partial charge in [0.05, 0.1) is 0 Å². The molecule has 1 fully saturated rings. The third-order valence-electron chi connectivity index (χ3n) is 3.37. The highest BCUT2D eigenvalue weighted by atomic mass is 16.2. The van der Waals surface area contributed by atoms with Gasteiger partial charge < -0.3 is 10.7 Å². The van der Waals surface area contributed by atoms with Crippen LogP contribution in [-0.4, -0.2) is 28.0 Å². The number of amides is 1. The molecule has 1 aliphatic rings. The number of nitrogen functional groups attached to an aromatic ring is 1. The number of aromatic nitrogens is 1. The predicted molar refractivity (Wildman–Crippen MR) is 67.3 cm³/mol. The van der Waals surface area contributed by atoms with Crippen LogP contribution in [0.2, 0.25) is 0 Å². The van der Waals surface area contributed by atoms with Crippen LogP contribution in [0.5, 0.6) is 0 Å². The minimum Gasteiger partial charge on any atom is -0.397 e. The molecule has 0 saturated carbocycles. The topological polar surface area (TPSA) is 74.2 Å². The molecule has 1 amide bonds. The number of rotatable bonds is 2. The van der Waals surface area contributed by atoms with E-state index in [4.69, 9.17) is 5.73 Å². The zero-order chi connectivity index (χ0) is 12.4. The molecule has 0 aromatic carbocycles. The van der Waals surface area contributed by atoms with E-state index in [1.165, 1.54) is 6.42 Å². The number of carbonyl (C=O) groups is 1. The molecule has 0 spiro atoms. The summed E-state index contributed by atoms with van der Waals surface area (Å²) in [5, 5.41) is 2.04. The lowest BCUT2D eigenvalue weighted by molar-refractivity contribution is 0.0366. The Morgan fingerprint density at radius 1 is 1.47 bits per heavy atom. The van der Waals surface area contributed by atoms with Crippen LogP contribution in [0.15, 0.2) is 12.3 Å². The molecule has 1 aromatic heterocycles. The minimum absolute atomic E-state index is 0.123. The molecule has 2 heterocycles. The van der Waals surface area contributed by atoms with Gasteiger partial charge in [0.2, 0.25) is 0 Å². The zero-order valence-electron chi connectivity index (χ0n) is 10.4. The van der Waals surface area contributed by atoms with Crippen LogP contribution in [0.4, 0.5) is 5.69 Å². The molecular weight excluding hydrogens is 216 g/mol. The third kappa shape index (κ3) is 2.61. The van der Waals surface area contributed by atoms with Crippen LogP contribution in [0.3, 0.4) is 0 Å². The Labute approximate surface area is 101 Å². The lowest BCUT2D eigenvalue weighted by Gasteiger charge is -2.38. The third-order valence-corrected chi connectivity index (χ3v) is 3.37. The Morgan fingerprint density at radius 2 is 2.12 bits per heavy atom. The van der Waals surface area contributed by atoms with Crippen molar-refractivity contribution in [1.29, 1.82) is 0 Å². The molecular formula is C12H20N4O.